The largest absolute Gasteiger partial charge is 0.479 e. The van der Waals surface area contributed by atoms with Crippen LogP contribution in [-0.2, 0) is 6.54 Å². The summed E-state index contributed by atoms with van der Waals surface area (Å²) in [5.41, 5.74) is 0.622. The average molecular weight is 302 g/mol. The summed E-state index contributed by atoms with van der Waals surface area (Å²) >= 11 is 6.86. The number of hydrogen-bond acceptors (Lipinski definition) is 6. The minimum Gasteiger partial charge on any atom is -0.479 e. The minimum absolute atomic E-state index is 0.0516. The number of nitrogens with one attached hydrogen (secondary N) is 1. The number of nitrogens with zero attached hydrogens (tertiary/aromatic N) is 2. The second-order valence-electron chi connectivity index (χ2n) is 3.48. The summed E-state index contributed by atoms with van der Waals surface area (Å²) in [6.07, 6.45) is 2.13. The number of pyridine rings is 1. The highest BCUT2D eigenvalue weighted by Crippen LogP contribution is 2.25. The number of carbonyl (C=O) groups excluding carboxylic acids is 1. The van der Waals surface area contributed by atoms with Gasteiger partial charge in [-0.05, 0) is 11.6 Å². The van der Waals surface area contributed by atoms with E-state index in [1.165, 1.54) is 19.4 Å². The highest BCUT2D eigenvalue weighted by atomic mass is 35.5. The van der Waals surface area contributed by atoms with Crippen LogP contribution in [0.15, 0.2) is 12.3 Å². The molecular weight excluding hydrogens is 293 g/mol. The molecule has 0 bridgehead atoms. The van der Waals surface area contributed by atoms with E-state index in [4.69, 9.17) is 16.3 Å². The van der Waals surface area contributed by atoms with E-state index in [-0.39, 0.29) is 11.0 Å². The zero-order chi connectivity index (χ0) is 13.8. The first kappa shape index (κ1) is 13.7. The number of aromatic nitrogens is 2. The molecule has 2 aromatic heterocycles. The molecule has 0 spiro atoms. The number of rotatable bonds is 5. The third-order valence-electron chi connectivity index (χ3n) is 2.22. The Balaban J connectivity index is 2.05. The van der Waals surface area contributed by atoms with Crippen molar-refractivity contribution in [1.29, 1.82) is 0 Å². The van der Waals surface area contributed by atoms with E-state index in [2.05, 4.69) is 15.3 Å². The standard InChI is InChI=1S/C11H9ClFN3O2S/c1-18-10-7(13)2-6(3-14-10)4-15-11-16-9(12)8(5-17)19-11/h2-3,5H,4H2,1H3,(H,15,16). The van der Waals surface area contributed by atoms with E-state index < -0.39 is 5.82 Å². The molecule has 2 aromatic rings. The monoisotopic (exact) mass is 301 g/mol. The van der Waals surface area contributed by atoms with Crippen LogP contribution in [0.3, 0.4) is 0 Å². The van der Waals surface area contributed by atoms with E-state index in [1.807, 2.05) is 0 Å². The van der Waals surface area contributed by atoms with E-state index in [0.29, 0.717) is 28.4 Å². The van der Waals surface area contributed by atoms with Crippen LogP contribution in [0.5, 0.6) is 5.88 Å². The van der Waals surface area contributed by atoms with Gasteiger partial charge < -0.3 is 10.1 Å². The lowest BCUT2D eigenvalue weighted by molar-refractivity contribution is 0.112. The summed E-state index contributed by atoms with van der Waals surface area (Å²) in [6.45, 7) is 0.316. The molecule has 0 saturated heterocycles. The van der Waals surface area contributed by atoms with Crippen molar-refractivity contribution in [2.75, 3.05) is 12.4 Å². The number of ether oxygens (including phenoxy) is 1. The third-order valence-corrected chi connectivity index (χ3v) is 3.56. The quantitative estimate of drug-likeness (QED) is 0.860. The van der Waals surface area contributed by atoms with Crippen LogP contribution >= 0.6 is 22.9 Å². The Morgan fingerprint density at radius 2 is 2.42 bits per heavy atom. The maximum atomic E-state index is 13.4. The molecule has 0 fully saturated rings. The Kier molecular flexibility index (Phi) is 4.28. The van der Waals surface area contributed by atoms with Crippen LogP contribution < -0.4 is 10.1 Å². The number of hydrogen-bond donors (Lipinski definition) is 1. The Morgan fingerprint density at radius 3 is 3.00 bits per heavy atom. The summed E-state index contributed by atoms with van der Waals surface area (Å²) in [4.78, 5) is 18.7. The molecule has 0 aliphatic heterocycles. The molecule has 19 heavy (non-hydrogen) atoms. The lowest BCUT2D eigenvalue weighted by atomic mass is 10.3. The maximum absolute atomic E-state index is 13.4. The zero-order valence-electron chi connectivity index (χ0n) is 9.81. The maximum Gasteiger partial charge on any atom is 0.250 e. The summed E-state index contributed by atoms with van der Waals surface area (Å²) in [5.74, 6) is -0.586. The summed E-state index contributed by atoms with van der Waals surface area (Å²) < 4.78 is 18.1. The van der Waals surface area contributed by atoms with E-state index >= 15 is 0 Å². The number of aldehydes is 1. The normalized spacial score (nSPS) is 10.3. The Morgan fingerprint density at radius 1 is 1.63 bits per heavy atom. The molecule has 2 heterocycles. The smallest absolute Gasteiger partial charge is 0.250 e. The van der Waals surface area contributed by atoms with Crippen molar-refractivity contribution in [3.8, 4) is 5.88 Å². The Labute approximate surface area is 117 Å². The second-order valence-corrected chi connectivity index (χ2v) is 4.87. The SMILES string of the molecule is COc1ncc(CNc2nc(Cl)c(C=O)s2)cc1F. The van der Waals surface area contributed by atoms with Crippen molar-refractivity contribution < 1.29 is 13.9 Å². The van der Waals surface area contributed by atoms with Crippen molar-refractivity contribution in [1.82, 2.24) is 9.97 Å². The molecule has 5 nitrogen and oxygen atoms in total. The molecule has 0 radical (unpaired) electrons. The fraction of sp³-hybridized carbons (Fsp3) is 0.182. The zero-order valence-corrected chi connectivity index (χ0v) is 11.4. The molecule has 1 N–H and O–H groups in total. The van der Waals surface area contributed by atoms with E-state index in [0.717, 1.165) is 11.3 Å². The van der Waals surface area contributed by atoms with Gasteiger partial charge in [0.1, 0.15) is 4.88 Å². The average Bonchev–Trinajstić information content (AvgIpc) is 2.77. The lowest BCUT2D eigenvalue weighted by Crippen LogP contribution is -2.01. The molecule has 100 valence electrons. The van der Waals surface area contributed by atoms with Crippen LogP contribution in [0.1, 0.15) is 15.2 Å². The van der Waals surface area contributed by atoms with Gasteiger partial charge in [0, 0.05) is 12.7 Å². The van der Waals surface area contributed by atoms with Crippen molar-refractivity contribution >= 4 is 34.4 Å². The van der Waals surface area contributed by atoms with Gasteiger partial charge in [0.05, 0.1) is 7.11 Å². The van der Waals surface area contributed by atoms with Gasteiger partial charge in [-0.1, -0.05) is 22.9 Å². The van der Waals surface area contributed by atoms with E-state index in [1.54, 1.807) is 0 Å². The first-order valence-electron chi connectivity index (χ1n) is 5.18. The molecule has 0 aromatic carbocycles. The Hall–Kier alpha value is -1.73. The van der Waals surface area contributed by atoms with Crippen molar-refractivity contribution in [2.24, 2.45) is 0 Å². The van der Waals surface area contributed by atoms with Crippen LogP contribution in [0, 0.1) is 5.82 Å². The highest BCUT2D eigenvalue weighted by molar-refractivity contribution is 7.17. The first-order chi connectivity index (χ1) is 9.13. The number of anilines is 1. The minimum atomic E-state index is -0.535. The molecule has 0 aliphatic rings. The number of methoxy groups -OCH3 is 1. The van der Waals surface area contributed by atoms with Crippen LogP contribution in [0.4, 0.5) is 9.52 Å². The van der Waals surface area contributed by atoms with Crippen LogP contribution in [0.25, 0.3) is 0 Å². The molecule has 0 unspecified atom stereocenters. The van der Waals surface area contributed by atoms with Gasteiger partial charge >= 0.3 is 0 Å². The van der Waals surface area contributed by atoms with Gasteiger partial charge in [0.2, 0.25) is 5.88 Å². The van der Waals surface area contributed by atoms with Gasteiger partial charge in [-0.3, -0.25) is 4.79 Å². The van der Waals surface area contributed by atoms with Gasteiger partial charge in [0.15, 0.2) is 22.4 Å². The molecule has 0 aliphatic carbocycles. The predicted octanol–water partition coefficient (Wildman–Crippen LogP) is 2.76. The molecule has 0 atom stereocenters. The Bertz CT molecular complexity index is 606. The van der Waals surface area contributed by atoms with Crippen molar-refractivity contribution in [2.45, 2.75) is 6.54 Å². The van der Waals surface area contributed by atoms with Gasteiger partial charge in [-0.15, -0.1) is 0 Å². The van der Waals surface area contributed by atoms with Crippen LogP contribution in [-0.4, -0.2) is 23.4 Å². The van der Waals surface area contributed by atoms with E-state index in [9.17, 15) is 9.18 Å². The summed E-state index contributed by atoms with van der Waals surface area (Å²) in [5, 5.41) is 3.58. The van der Waals surface area contributed by atoms with Crippen LogP contribution in [0.2, 0.25) is 5.15 Å². The predicted molar refractivity (Wildman–Crippen MR) is 70.6 cm³/mol. The second kappa shape index (κ2) is 5.94. The molecule has 8 heteroatoms. The fourth-order valence-electron chi connectivity index (χ4n) is 1.35. The van der Waals surface area contributed by atoms with Crippen molar-refractivity contribution in [3.05, 3.63) is 33.7 Å². The van der Waals surface area contributed by atoms with Gasteiger partial charge in [0.25, 0.3) is 0 Å². The number of thiazole rings is 1. The summed E-state index contributed by atoms with van der Waals surface area (Å²) in [7, 11) is 1.35. The highest BCUT2D eigenvalue weighted by Gasteiger charge is 2.09. The third kappa shape index (κ3) is 3.18. The topological polar surface area (TPSA) is 64.1 Å². The summed E-state index contributed by atoms with van der Waals surface area (Å²) in [6, 6.07) is 1.31. The molecule has 2 rings (SSSR count). The number of halogens is 2. The van der Waals surface area contributed by atoms with Gasteiger partial charge in [-0.2, -0.15) is 0 Å². The fourth-order valence-corrected chi connectivity index (χ4v) is 2.31. The van der Waals surface area contributed by atoms with Crippen molar-refractivity contribution in [3.63, 3.8) is 0 Å². The first-order valence-corrected chi connectivity index (χ1v) is 6.37. The molecule has 0 saturated carbocycles. The molecular formula is C11H9ClFN3O2S. The number of carbonyl (C=O) groups is 1. The van der Waals surface area contributed by atoms with Gasteiger partial charge in [-0.25, -0.2) is 14.4 Å². The lowest BCUT2D eigenvalue weighted by Gasteiger charge is -2.04. The molecule has 0 amide bonds.